The SMILES string of the molecule is O=C(Nc1ccc(OCCc2ccccn2)c([N+](=O)[O-])c1)c1cc(C(F)(F)F)ccc1-c1ccccc1. The molecular weight excluding hydrogens is 487 g/mol. The molecule has 4 rings (SSSR count). The molecule has 0 aliphatic rings. The van der Waals surface area contributed by atoms with Gasteiger partial charge in [-0.25, -0.2) is 0 Å². The van der Waals surface area contributed by atoms with E-state index in [2.05, 4.69) is 10.3 Å². The predicted molar refractivity (Wildman–Crippen MR) is 131 cm³/mol. The Labute approximate surface area is 209 Å². The van der Waals surface area contributed by atoms with Crippen LogP contribution in [0, 0.1) is 10.1 Å². The number of hydrogen-bond acceptors (Lipinski definition) is 5. The van der Waals surface area contributed by atoms with E-state index >= 15 is 0 Å². The molecule has 0 saturated carbocycles. The Kier molecular flexibility index (Phi) is 7.47. The molecule has 1 aromatic heterocycles. The van der Waals surface area contributed by atoms with Gasteiger partial charge in [0.2, 0.25) is 0 Å². The molecule has 3 aromatic carbocycles. The second-order valence-electron chi connectivity index (χ2n) is 7.94. The maximum atomic E-state index is 13.4. The van der Waals surface area contributed by atoms with Gasteiger partial charge >= 0.3 is 11.9 Å². The number of carbonyl (C=O) groups is 1. The predicted octanol–water partition coefficient (Wildman–Crippen LogP) is 6.55. The lowest BCUT2D eigenvalue weighted by atomic mass is 9.96. The molecule has 7 nitrogen and oxygen atoms in total. The number of nitro groups is 1. The second kappa shape index (κ2) is 10.9. The van der Waals surface area contributed by atoms with Gasteiger partial charge in [0.1, 0.15) is 0 Å². The molecule has 0 unspecified atom stereocenters. The summed E-state index contributed by atoms with van der Waals surface area (Å²) in [7, 11) is 0. The number of amides is 1. The van der Waals surface area contributed by atoms with Crippen LogP contribution < -0.4 is 10.1 Å². The van der Waals surface area contributed by atoms with Crippen LogP contribution >= 0.6 is 0 Å². The van der Waals surface area contributed by atoms with Crippen LogP contribution in [0.1, 0.15) is 21.6 Å². The summed E-state index contributed by atoms with van der Waals surface area (Å²) >= 11 is 0. The van der Waals surface area contributed by atoms with E-state index in [1.54, 1.807) is 48.7 Å². The zero-order valence-corrected chi connectivity index (χ0v) is 19.2. The Hall–Kier alpha value is -4.73. The van der Waals surface area contributed by atoms with Crippen LogP contribution in [-0.4, -0.2) is 22.4 Å². The van der Waals surface area contributed by atoms with Gasteiger partial charge in [0.15, 0.2) is 5.75 Å². The van der Waals surface area contributed by atoms with Gasteiger partial charge in [0.05, 0.1) is 17.1 Å². The van der Waals surface area contributed by atoms with Crippen molar-refractivity contribution in [1.82, 2.24) is 4.98 Å². The van der Waals surface area contributed by atoms with Gasteiger partial charge in [0, 0.05) is 35.6 Å². The highest BCUT2D eigenvalue weighted by molar-refractivity contribution is 6.09. The number of carbonyl (C=O) groups excluding carboxylic acids is 1. The van der Waals surface area contributed by atoms with Crippen molar-refractivity contribution >= 4 is 17.3 Å². The summed E-state index contributed by atoms with van der Waals surface area (Å²) in [5, 5.41) is 14.1. The third kappa shape index (κ3) is 6.29. The van der Waals surface area contributed by atoms with E-state index < -0.39 is 28.3 Å². The molecule has 0 bridgehead atoms. The molecule has 0 aliphatic heterocycles. The number of anilines is 1. The lowest BCUT2D eigenvalue weighted by Gasteiger charge is -2.14. The van der Waals surface area contributed by atoms with Crippen molar-refractivity contribution in [3.8, 4) is 16.9 Å². The number of halogens is 3. The third-order valence-electron chi connectivity index (χ3n) is 5.43. The minimum Gasteiger partial charge on any atom is -0.486 e. The van der Waals surface area contributed by atoms with Crippen LogP contribution in [-0.2, 0) is 12.6 Å². The molecule has 10 heteroatoms. The van der Waals surface area contributed by atoms with E-state index in [1.807, 2.05) is 6.07 Å². The molecule has 0 radical (unpaired) electrons. The van der Waals surface area contributed by atoms with Gasteiger partial charge in [0.25, 0.3) is 5.91 Å². The average molecular weight is 507 g/mol. The molecule has 0 spiro atoms. The van der Waals surface area contributed by atoms with Crippen molar-refractivity contribution in [2.24, 2.45) is 0 Å². The molecule has 0 fully saturated rings. The Morgan fingerprint density at radius 3 is 2.41 bits per heavy atom. The normalized spacial score (nSPS) is 11.1. The number of hydrogen-bond donors (Lipinski definition) is 1. The number of aromatic nitrogens is 1. The van der Waals surface area contributed by atoms with Crippen LogP contribution in [0.25, 0.3) is 11.1 Å². The topological polar surface area (TPSA) is 94.4 Å². The van der Waals surface area contributed by atoms with E-state index in [-0.39, 0.29) is 29.2 Å². The van der Waals surface area contributed by atoms with Gasteiger partial charge in [-0.3, -0.25) is 19.9 Å². The van der Waals surface area contributed by atoms with Crippen molar-refractivity contribution < 1.29 is 27.6 Å². The zero-order valence-electron chi connectivity index (χ0n) is 19.2. The Morgan fingerprint density at radius 2 is 1.73 bits per heavy atom. The van der Waals surface area contributed by atoms with E-state index in [9.17, 15) is 28.1 Å². The summed E-state index contributed by atoms with van der Waals surface area (Å²) in [6, 6.07) is 20.6. The average Bonchev–Trinajstić information content (AvgIpc) is 2.89. The van der Waals surface area contributed by atoms with E-state index in [4.69, 9.17) is 4.74 Å². The summed E-state index contributed by atoms with van der Waals surface area (Å²) in [6.07, 6.45) is -2.60. The summed E-state index contributed by atoms with van der Waals surface area (Å²) in [5.41, 5.74) is 0.0131. The number of nitrogens with zero attached hydrogens (tertiary/aromatic N) is 2. The summed E-state index contributed by atoms with van der Waals surface area (Å²) in [6.45, 7) is 0.133. The highest BCUT2D eigenvalue weighted by atomic mass is 19.4. The largest absolute Gasteiger partial charge is 0.486 e. The standard InChI is InChI=1S/C27H20F3N3O4/c28-27(29,30)19-9-11-22(18-6-2-1-3-7-18)23(16-19)26(34)32-21-10-12-25(24(17-21)33(35)36)37-15-13-20-8-4-5-14-31-20/h1-12,14,16-17H,13,15H2,(H,32,34). The number of alkyl halides is 3. The maximum Gasteiger partial charge on any atom is 0.416 e. The van der Waals surface area contributed by atoms with Crippen LogP contribution in [0.5, 0.6) is 5.75 Å². The van der Waals surface area contributed by atoms with Crippen LogP contribution in [0.3, 0.4) is 0 Å². The minimum atomic E-state index is -4.66. The highest BCUT2D eigenvalue weighted by Gasteiger charge is 2.32. The lowest BCUT2D eigenvalue weighted by Crippen LogP contribution is -2.15. The number of benzene rings is 3. The first kappa shape index (κ1) is 25.4. The molecule has 1 heterocycles. The Morgan fingerprint density at radius 1 is 0.973 bits per heavy atom. The zero-order chi connectivity index (χ0) is 26.4. The highest BCUT2D eigenvalue weighted by Crippen LogP contribution is 2.35. The molecule has 37 heavy (non-hydrogen) atoms. The fraction of sp³-hybridized carbons (Fsp3) is 0.111. The van der Waals surface area contributed by atoms with Gasteiger partial charge in [-0.05, 0) is 47.5 Å². The van der Waals surface area contributed by atoms with Gasteiger partial charge in [-0.15, -0.1) is 0 Å². The fourth-order valence-corrected chi connectivity index (χ4v) is 3.65. The van der Waals surface area contributed by atoms with Crippen molar-refractivity contribution in [1.29, 1.82) is 0 Å². The molecule has 1 N–H and O–H groups in total. The molecule has 188 valence electrons. The first-order valence-electron chi connectivity index (χ1n) is 11.1. The van der Waals surface area contributed by atoms with Crippen molar-refractivity contribution in [3.63, 3.8) is 0 Å². The van der Waals surface area contributed by atoms with Crippen molar-refractivity contribution in [2.45, 2.75) is 12.6 Å². The molecular formula is C27H20F3N3O4. The van der Waals surface area contributed by atoms with Crippen LogP contribution in [0.4, 0.5) is 24.5 Å². The monoisotopic (exact) mass is 507 g/mol. The smallest absolute Gasteiger partial charge is 0.416 e. The van der Waals surface area contributed by atoms with Gasteiger partial charge < -0.3 is 10.1 Å². The number of ether oxygens (including phenoxy) is 1. The maximum absolute atomic E-state index is 13.4. The number of nitro benzene ring substituents is 1. The number of nitrogens with one attached hydrogen (secondary N) is 1. The third-order valence-corrected chi connectivity index (χ3v) is 5.43. The van der Waals surface area contributed by atoms with Gasteiger partial charge in [-0.2, -0.15) is 13.2 Å². The fourth-order valence-electron chi connectivity index (χ4n) is 3.65. The molecule has 0 atom stereocenters. The van der Waals surface area contributed by atoms with Crippen LogP contribution in [0.15, 0.2) is 91.1 Å². The molecule has 0 aliphatic carbocycles. The van der Waals surface area contributed by atoms with Crippen molar-refractivity contribution in [2.75, 3.05) is 11.9 Å². The van der Waals surface area contributed by atoms with E-state index in [1.165, 1.54) is 18.2 Å². The molecule has 0 saturated heterocycles. The first-order valence-corrected chi connectivity index (χ1v) is 11.1. The second-order valence-corrected chi connectivity index (χ2v) is 7.94. The molecule has 4 aromatic rings. The van der Waals surface area contributed by atoms with Gasteiger partial charge in [-0.1, -0.05) is 42.5 Å². The summed E-state index contributed by atoms with van der Waals surface area (Å²) in [5.74, 6) is -0.856. The Balaban J connectivity index is 1.58. The summed E-state index contributed by atoms with van der Waals surface area (Å²) < 4.78 is 45.7. The molecule has 1 amide bonds. The van der Waals surface area contributed by atoms with Crippen LogP contribution in [0.2, 0.25) is 0 Å². The lowest BCUT2D eigenvalue weighted by molar-refractivity contribution is -0.385. The summed E-state index contributed by atoms with van der Waals surface area (Å²) in [4.78, 5) is 28.2. The minimum absolute atomic E-state index is 0.0111. The first-order chi connectivity index (χ1) is 17.7. The Bertz CT molecular complexity index is 1410. The van der Waals surface area contributed by atoms with Crippen molar-refractivity contribution in [3.05, 3.63) is 118 Å². The van der Waals surface area contributed by atoms with E-state index in [0.717, 1.165) is 23.9 Å². The number of rotatable bonds is 8. The van der Waals surface area contributed by atoms with E-state index in [0.29, 0.717) is 12.0 Å². The quantitative estimate of drug-likeness (QED) is 0.216. The number of pyridine rings is 1.